The van der Waals surface area contributed by atoms with Crippen LogP contribution in [0.15, 0.2) is 31.0 Å². The van der Waals surface area contributed by atoms with E-state index in [1.54, 1.807) is 20.1 Å². The Kier molecular flexibility index (Phi) is 6.96. The third kappa shape index (κ3) is 4.94. The normalized spacial score (nSPS) is 13.4. The zero-order chi connectivity index (χ0) is 24.6. The van der Waals surface area contributed by atoms with Crippen molar-refractivity contribution in [2.75, 3.05) is 23.7 Å². The summed E-state index contributed by atoms with van der Waals surface area (Å²) >= 11 is 0.871. The lowest BCUT2D eigenvalue weighted by Crippen LogP contribution is -2.33. The monoisotopic (exact) mass is 499 g/mol. The lowest BCUT2D eigenvalue weighted by Gasteiger charge is -2.27. The first-order chi connectivity index (χ1) is 15.4. The molecule has 0 aromatic carbocycles. The van der Waals surface area contributed by atoms with Crippen LogP contribution in [0.4, 0.5) is 17.3 Å². The minimum Gasteiger partial charge on any atom is -0.504 e. The van der Waals surface area contributed by atoms with E-state index in [1.165, 1.54) is 9.69 Å². The number of furan rings is 1. The molecule has 3 aromatic heterocycles. The predicted molar refractivity (Wildman–Crippen MR) is 124 cm³/mol. The zero-order valence-electron chi connectivity index (χ0n) is 19.4. The van der Waals surface area contributed by atoms with Crippen LogP contribution in [-0.4, -0.2) is 36.1 Å². The predicted octanol–water partition coefficient (Wildman–Crippen LogP) is 3.95. The topological polar surface area (TPSA) is 148 Å². The third-order valence-corrected chi connectivity index (χ3v) is 8.60. The summed E-state index contributed by atoms with van der Waals surface area (Å²) in [5, 5.41) is 34.0. The van der Waals surface area contributed by atoms with Gasteiger partial charge in [0.05, 0.1) is 12.0 Å². The Morgan fingerprint density at radius 2 is 2.00 bits per heavy atom. The number of hydrogen-bond acceptors (Lipinski definition) is 10. The summed E-state index contributed by atoms with van der Waals surface area (Å²) in [5.74, 6) is 0.121. The maximum Gasteiger partial charge on any atom is 0.320 e. The highest BCUT2D eigenvalue weighted by molar-refractivity contribution is 7.91. The number of aryl methyl sites for hydroxylation is 1. The molecule has 0 saturated carbocycles. The molecule has 0 radical (unpaired) electrons. The second-order valence-electron chi connectivity index (χ2n) is 8.60. The summed E-state index contributed by atoms with van der Waals surface area (Å²) in [6.07, 6.45) is 1.62. The molecule has 0 saturated heterocycles. The fourth-order valence-corrected chi connectivity index (χ4v) is 6.15. The smallest absolute Gasteiger partial charge is 0.320 e. The van der Waals surface area contributed by atoms with E-state index in [4.69, 9.17) is 9.05 Å². The van der Waals surface area contributed by atoms with Crippen LogP contribution in [0.5, 0.6) is 5.75 Å². The quantitative estimate of drug-likeness (QED) is 0.372. The Labute approximate surface area is 196 Å². The molecule has 3 aromatic rings. The number of aromatic hydroxyl groups is 1. The van der Waals surface area contributed by atoms with Gasteiger partial charge in [-0.25, -0.2) is 8.42 Å². The van der Waals surface area contributed by atoms with Crippen molar-refractivity contribution < 1.29 is 27.5 Å². The molecule has 0 aliphatic rings. The Bertz CT molecular complexity index is 1200. The van der Waals surface area contributed by atoms with Gasteiger partial charge in [0, 0.05) is 23.9 Å². The molecule has 11 nitrogen and oxygen atoms in total. The lowest BCUT2D eigenvalue weighted by molar-refractivity contribution is -0.791. The Balaban J connectivity index is 1.93. The highest BCUT2D eigenvalue weighted by atomic mass is 32.2. The van der Waals surface area contributed by atoms with Crippen molar-refractivity contribution in [3.8, 4) is 5.75 Å². The minimum atomic E-state index is -3.86. The standard InChI is InChI=1S/C20H29N5O6S2/c1-7-24(8-2)33(28,29)19-15(26)13(11-32-19)21-17-18(25(27)31-23-17)22-16(20(4,5)6)14-9-12(3)10-30-14/h9-11,16,22,26H,7-8H2,1-6H3,(H,21,23)/t16-/m0/s1. The molecule has 1 atom stereocenters. The van der Waals surface area contributed by atoms with Crippen molar-refractivity contribution in [2.45, 2.75) is 51.8 Å². The molecule has 0 fully saturated rings. The van der Waals surface area contributed by atoms with Crippen LogP contribution >= 0.6 is 11.3 Å². The summed E-state index contributed by atoms with van der Waals surface area (Å²) in [6.45, 7) is 11.8. The van der Waals surface area contributed by atoms with E-state index in [1.807, 2.05) is 33.8 Å². The fourth-order valence-electron chi connectivity index (χ4n) is 3.32. The lowest BCUT2D eigenvalue weighted by atomic mass is 9.85. The first-order valence-electron chi connectivity index (χ1n) is 10.4. The second kappa shape index (κ2) is 9.23. The number of rotatable bonds is 9. The highest BCUT2D eigenvalue weighted by Gasteiger charge is 2.35. The number of nitrogens with zero attached hydrogens (tertiary/aromatic N) is 3. The number of hydrogen-bond donors (Lipinski definition) is 3. The van der Waals surface area contributed by atoms with Gasteiger partial charge in [-0.3, -0.25) is 5.32 Å². The van der Waals surface area contributed by atoms with E-state index in [0.717, 1.165) is 16.9 Å². The minimum absolute atomic E-state index is 0.0117. The van der Waals surface area contributed by atoms with E-state index < -0.39 is 21.8 Å². The molecule has 3 N–H and O–H groups in total. The van der Waals surface area contributed by atoms with Crippen LogP contribution in [0.3, 0.4) is 0 Å². The van der Waals surface area contributed by atoms with Crippen LogP contribution in [0, 0.1) is 17.5 Å². The van der Waals surface area contributed by atoms with E-state index in [-0.39, 0.29) is 44.9 Å². The molecule has 3 heterocycles. The average Bonchev–Trinajstić information content (AvgIpc) is 3.40. The molecule has 0 spiro atoms. The molecule has 0 amide bonds. The molecule has 3 rings (SSSR count). The number of aromatic nitrogens is 2. The van der Waals surface area contributed by atoms with Crippen LogP contribution in [-0.2, 0) is 10.0 Å². The van der Waals surface area contributed by atoms with Crippen molar-refractivity contribution in [3.05, 3.63) is 34.2 Å². The van der Waals surface area contributed by atoms with Gasteiger partial charge in [-0.05, 0) is 23.7 Å². The largest absolute Gasteiger partial charge is 0.504 e. The summed E-state index contributed by atoms with van der Waals surface area (Å²) < 4.78 is 37.1. The van der Waals surface area contributed by atoms with Gasteiger partial charge in [0.25, 0.3) is 10.0 Å². The molecule has 33 heavy (non-hydrogen) atoms. The van der Waals surface area contributed by atoms with E-state index in [9.17, 15) is 18.7 Å². The van der Waals surface area contributed by atoms with Crippen molar-refractivity contribution in [3.63, 3.8) is 0 Å². The zero-order valence-corrected chi connectivity index (χ0v) is 21.0. The van der Waals surface area contributed by atoms with Crippen molar-refractivity contribution in [2.24, 2.45) is 5.41 Å². The highest BCUT2D eigenvalue weighted by Crippen LogP contribution is 2.42. The number of nitrogens with one attached hydrogen (secondary N) is 2. The molecule has 0 aliphatic heterocycles. The van der Waals surface area contributed by atoms with Gasteiger partial charge in [0.1, 0.15) is 11.8 Å². The van der Waals surface area contributed by atoms with E-state index >= 15 is 0 Å². The first-order valence-corrected chi connectivity index (χ1v) is 12.7. The summed E-state index contributed by atoms with van der Waals surface area (Å²) in [6, 6.07) is 1.45. The molecule has 13 heteroatoms. The molecule has 0 aliphatic carbocycles. The maximum absolute atomic E-state index is 12.8. The van der Waals surface area contributed by atoms with Gasteiger partial charge in [0.2, 0.25) is 0 Å². The van der Waals surface area contributed by atoms with Gasteiger partial charge >= 0.3 is 11.6 Å². The first kappa shape index (κ1) is 24.9. The Morgan fingerprint density at radius 1 is 1.33 bits per heavy atom. The van der Waals surface area contributed by atoms with Gasteiger partial charge in [-0.2, -0.15) is 4.31 Å². The van der Waals surface area contributed by atoms with E-state index in [0.29, 0.717) is 5.76 Å². The Morgan fingerprint density at radius 3 is 2.55 bits per heavy atom. The van der Waals surface area contributed by atoms with Crippen LogP contribution in [0.2, 0.25) is 0 Å². The molecule has 0 bridgehead atoms. The van der Waals surface area contributed by atoms with Crippen LogP contribution in [0.1, 0.15) is 52.0 Å². The van der Waals surface area contributed by atoms with E-state index in [2.05, 4.69) is 15.8 Å². The molecule has 182 valence electrons. The summed E-state index contributed by atoms with van der Waals surface area (Å²) in [4.78, 5) is 0.202. The Hall–Kier alpha value is -2.77. The molecule has 0 unspecified atom stereocenters. The van der Waals surface area contributed by atoms with Crippen LogP contribution in [0.25, 0.3) is 0 Å². The van der Waals surface area contributed by atoms with Crippen molar-refractivity contribution >= 4 is 38.7 Å². The van der Waals surface area contributed by atoms with Crippen LogP contribution < -0.4 is 15.5 Å². The van der Waals surface area contributed by atoms with Crippen molar-refractivity contribution in [1.82, 2.24) is 9.46 Å². The molecular weight excluding hydrogens is 470 g/mol. The number of anilines is 3. The van der Waals surface area contributed by atoms with Crippen molar-refractivity contribution in [1.29, 1.82) is 0 Å². The van der Waals surface area contributed by atoms with Gasteiger partial charge < -0.3 is 24.7 Å². The summed E-state index contributed by atoms with van der Waals surface area (Å²) in [7, 11) is -3.86. The van der Waals surface area contributed by atoms with Gasteiger partial charge in [0.15, 0.2) is 9.96 Å². The third-order valence-electron chi connectivity index (χ3n) is 5.06. The van der Waals surface area contributed by atoms with Gasteiger partial charge in [-0.1, -0.05) is 39.5 Å². The SMILES string of the molecule is CCN(CC)S(=O)(=O)c1scc(Nc2no[n+]([O-])c2N[C@@H](c2cc(C)co2)C(C)(C)C)c1O. The summed E-state index contributed by atoms with van der Waals surface area (Å²) in [5.41, 5.74) is 0.662. The molecular formula is C20H29N5O6S2. The maximum atomic E-state index is 12.8. The van der Waals surface area contributed by atoms with Gasteiger partial charge in [-0.15, -0.1) is 11.3 Å². The second-order valence-corrected chi connectivity index (χ2v) is 11.6. The fraction of sp³-hybridized carbons (Fsp3) is 0.500. The number of thiophene rings is 1. The number of sulfonamides is 1. The average molecular weight is 500 g/mol.